The van der Waals surface area contributed by atoms with Crippen molar-refractivity contribution in [2.24, 2.45) is 5.73 Å². The van der Waals surface area contributed by atoms with Crippen LogP contribution >= 0.6 is 0 Å². The third kappa shape index (κ3) is 3.91. The molecule has 4 N–H and O–H groups in total. The van der Waals surface area contributed by atoms with Gasteiger partial charge in [0, 0.05) is 26.3 Å². The highest BCUT2D eigenvalue weighted by Gasteiger charge is 2.26. The topological polar surface area (TPSA) is 110 Å². The molecule has 0 saturated heterocycles. The van der Waals surface area contributed by atoms with E-state index in [4.69, 9.17) is 11.5 Å². The van der Waals surface area contributed by atoms with Crippen molar-refractivity contribution in [3.63, 3.8) is 0 Å². The van der Waals surface area contributed by atoms with Crippen LogP contribution in [-0.2, 0) is 21.5 Å². The van der Waals surface area contributed by atoms with Crippen molar-refractivity contribution in [2.75, 3.05) is 26.4 Å². The maximum atomic E-state index is 12.1. The molecule has 1 amide bonds. The number of primary amides is 1. The van der Waals surface area contributed by atoms with Gasteiger partial charge in [-0.05, 0) is 11.6 Å². The van der Waals surface area contributed by atoms with Crippen LogP contribution in [0.15, 0.2) is 24.3 Å². The Morgan fingerprint density at radius 3 is 2.32 bits per heavy atom. The van der Waals surface area contributed by atoms with Gasteiger partial charge in [-0.15, -0.1) is 0 Å². The number of amides is 1. The number of nitrogens with two attached hydrogens (primary N) is 2. The van der Waals surface area contributed by atoms with Crippen molar-refractivity contribution < 1.29 is 13.2 Å². The Hall–Kier alpha value is -1.64. The smallest absolute Gasteiger partial charge is 0.282 e. The molecule has 8 heteroatoms. The third-order valence-electron chi connectivity index (χ3n) is 2.52. The number of carbonyl (C=O) groups excluding carboxylic acids is 1. The molecule has 0 saturated carbocycles. The molecule has 0 spiro atoms. The van der Waals surface area contributed by atoms with E-state index in [0.29, 0.717) is 11.3 Å². The summed E-state index contributed by atoms with van der Waals surface area (Å²) in [6.07, 6.45) is 0. The summed E-state index contributed by atoms with van der Waals surface area (Å²) >= 11 is 0. The van der Waals surface area contributed by atoms with Crippen LogP contribution in [-0.4, -0.2) is 43.6 Å². The van der Waals surface area contributed by atoms with E-state index >= 15 is 0 Å². The van der Waals surface area contributed by atoms with Gasteiger partial charge in [0.05, 0.1) is 6.54 Å². The van der Waals surface area contributed by atoms with Crippen LogP contribution in [0.5, 0.6) is 0 Å². The summed E-state index contributed by atoms with van der Waals surface area (Å²) in [5.41, 5.74) is 11.9. The second-order valence-electron chi connectivity index (χ2n) is 4.22. The fraction of sp³-hybridized carbons (Fsp3) is 0.364. The zero-order valence-corrected chi connectivity index (χ0v) is 11.7. The number of nitrogen functional groups attached to an aromatic ring is 1. The van der Waals surface area contributed by atoms with Gasteiger partial charge >= 0.3 is 0 Å². The number of nitrogens with zero attached hydrogens (tertiary/aromatic N) is 2. The van der Waals surface area contributed by atoms with Crippen LogP contribution in [0.4, 0.5) is 5.69 Å². The lowest BCUT2D eigenvalue weighted by Gasteiger charge is -2.24. The second-order valence-corrected chi connectivity index (χ2v) is 6.37. The van der Waals surface area contributed by atoms with Crippen LogP contribution in [0.1, 0.15) is 5.56 Å². The summed E-state index contributed by atoms with van der Waals surface area (Å²) in [6, 6.07) is 6.86. The number of para-hydroxylation sites is 1. The van der Waals surface area contributed by atoms with Gasteiger partial charge in [-0.3, -0.25) is 4.79 Å². The van der Waals surface area contributed by atoms with Crippen LogP contribution in [0.2, 0.25) is 0 Å². The van der Waals surface area contributed by atoms with Crippen molar-refractivity contribution in [1.82, 2.24) is 8.61 Å². The fourth-order valence-corrected chi connectivity index (χ4v) is 2.55. The molecule has 0 heterocycles. The van der Waals surface area contributed by atoms with E-state index in [0.717, 1.165) is 8.61 Å². The maximum Gasteiger partial charge on any atom is 0.282 e. The number of hydrogen-bond acceptors (Lipinski definition) is 4. The molecule has 1 aromatic carbocycles. The first-order valence-corrected chi connectivity index (χ1v) is 6.94. The lowest BCUT2D eigenvalue weighted by Crippen LogP contribution is -2.43. The van der Waals surface area contributed by atoms with Crippen molar-refractivity contribution in [1.29, 1.82) is 0 Å². The minimum absolute atomic E-state index is 0.00384. The molecule has 106 valence electrons. The highest BCUT2D eigenvalue weighted by molar-refractivity contribution is 7.86. The van der Waals surface area contributed by atoms with Gasteiger partial charge in [0.1, 0.15) is 0 Å². The van der Waals surface area contributed by atoms with Crippen molar-refractivity contribution >= 4 is 21.8 Å². The molecule has 0 unspecified atom stereocenters. The molecule has 0 atom stereocenters. The fourth-order valence-electron chi connectivity index (χ4n) is 1.49. The molecule has 0 aliphatic rings. The summed E-state index contributed by atoms with van der Waals surface area (Å²) in [5.74, 6) is -0.722. The highest BCUT2D eigenvalue weighted by Crippen LogP contribution is 2.16. The number of carbonyl (C=O) groups is 1. The van der Waals surface area contributed by atoms with E-state index in [-0.39, 0.29) is 6.54 Å². The minimum atomic E-state index is -3.74. The Morgan fingerprint density at radius 2 is 1.84 bits per heavy atom. The normalized spacial score (nSPS) is 12.0. The van der Waals surface area contributed by atoms with E-state index in [9.17, 15) is 13.2 Å². The van der Waals surface area contributed by atoms with E-state index in [2.05, 4.69) is 0 Å². The van der Waals surface area contributed by atoms with Gasteiger partial charge in [0.25, 0.3) is 10.2 Å². The summed E-state index contributed by atoms with van der Waals surface area (Å²) in [5, 5.41) is 0. The number of hydrogen-bond donors (Lipinski definition) is 2. The summed E-state index contributed by atoms with van der Waals surface area (Å²) in [6.45, 7) is -0.398. The van der Waals surface area contributed by atoms with Crippen molar-refractivity contribution in [3.8, 4) is 0 Å². The predicted octanol–water partition coefficient (Wildman–Crippen LogP) is -0.637. The van der Waals surface area contributed by atoms with E-state index < -0.39 is 22.7 Å². The Balaban J connectivity index is 3.07. The van der Waals surface area contributed by atoms with Gasteiger partial charge in [0.15, 0.2) is 0 Å². The lowest BCUT2D eigenvalue weighted by atomic mass is 10.2. The largest absolute Gasteiger partial charge is 0.398 e. The zero-order valence-electron chi connectivity index (χ0n) is 10.9. The second kappa shape index (κ2) is 6.00. The van der Waals surface area contributed by atoms with Crippen LogP contribution in [0, 0.1) is 0 Å². The SMILES string of the molecule is CN(C)S(=O)(=O)N(CC(N)=O)Cc1ccccc1N. The van der Waals surface area contributed by atoms with Gasteiger partial charge in [-0.1, -0.05) is 18.2 Å². The maximum absolute atomic E-state index is 12.1. The van der Waals surface area contributed by atoms with Gasteiger partial charge < -0.3 is 11.5 Å². The minimum Gasteiger partial charge on any atom is -0.398 e. The third-order valence-corrected chi connectivity index (χ3v) is 4.36. The molecule has 19 heavy (non-hydrogen) atoms. The van der Waals surface area contributed by atoms with Crippen LogP contribution < -0.4 is 11.5 Å². The molecule has 1 aromatic rings. The average molecular weight is 286 g/mol. The molecule has 0 radical (unpaired) electrons. The first-order valence-electron chi connectivity index (χ1n) is 5.54. The molecule has 0 bridgehead atoms. The standard InChI is InChI=1S/C11H18N4O3S/c1-14(2)19(17,18)15(8-11(13)16)7-9-5-3-4-6-10(9)12/h3-6H,7-8,12H2,1-2H3,(H2,13,16). The lowest BCUT2D eigenvalue weighted by molar-refractivity contribution is -0.118. The molecule has 0 aromatic heterocycles. The first-order chi connectivity index (χ1) is 8.75. The van der Waals surface area contributed by atoms with Crippen molar-refractivity contribution in [2.45, 2.75) is 6.54 Å². The molecule has 0 aliphatic carbocycles. The molecular formula is C11H18N4O3S. The number of benzene rings is 1. The first kappa shape index (κ1) is 15.4. The number of rotatable bonds is 6. The van der Waals surface area contributed by atoms with Gasteiger partial charge in [-0.2, -0.15) is 17.0 Å². The zero-order chi connectivity index (χ0) is 14.6. The van der Waals surface area contributed by atoms with Gasteiger partial charge in [-0.25, -0.2) is 0 Å². The Bertz CT molecular complexity index is 557. The molecule has 1 rings (SSSR count). The Labute approximate surface area is 113 Å². The van der Waals surface area contributed by atoms with E-state index in [1.54, 1.807) is 24.3 Å². The monoisotopic (exact) mass is 286 g/mol. The van der Waals surface area contributed by atoms with E-state index in [1.807, 2.05) is 0 Å². The predicted molar refractivity (Wildman–Crippen MR) is 73.1 cm³/mol. The average Bonchev–Trinajstić information content (AvgIpc) is 2.30. The van der Waals surface area contributed by atoms with E-state index in [1.165, 1.54) is 14.1 Å². The molecule has 7 nitrogen and oxygen atoms in total. The molecule has 0 aliphatic heterocycles. The van der Waals surface area contributed by atoms with Crippen molar-refractivity contribution in [3.05, 3.63) is 29.8 Å². The summed E-state index contributed by atoms with van der Waals surface area (Å²) in [7, 11) is -0.966. The van der Waals surface area contributed by atoms with Crippen LogP contribution in [0.3, 0.4) is 0 Å². The summed E-state index contributed by atoms with van der Waals surface area (Å²) in [4.78, 5) is 11.0. The molecular weight excluding hydrogens is 268 g/mol. The summed E-state index contributed by atoms with van der Waals surface area (Å²) < 4.78 is 26.2. The Kier molecular flexibility index (Phi) is 4.87. The number of anilines is 1. The van der Waals surface area contributed by atoms with Gasteiger partial charge in [0.2, 0.25) is 5.91 Å². The highest BCUT2D eigenvalue weighted by atomic mass is 32.2. The molecule has 0 fully saturated rings. The van der Waals surface area contributed by atoms with Crippen LogP contribution in [0.25, 0.3) is 0 Å². The Morgan fingerprint density at radius 1 is 1.26 bits per heavy atom. The quantitative estimate of drug-likeness (QED) is 0.678.